The lowest BCUT2D eigenvalue weighted by atomic mass is 10.1. The van der Waals surface area contributed by atoms with Crippen LogP contribution in [0.2, 0.25) is 0 Å². The van der Waals surface area contributed by atoms with Gasteiger partial charge in [0.25, 0.3) is 0 Å². The molecule has 0 unspecified atom stereocenters. The van der Waals surface area contributed by atoms with Crippen LogP contribution >= 0.6 is 0 Å². The van der Waals surface area contributed by atoms with Crippen molar-refractivity contribution in [2.45, 2.75) is 27.2 Å². The molecule has 0 fully saturated rings. The number of halogens is 2. The van der Waals surface area contributed by atoms with Gasteiger partial charge in [-0.25, -0.2) is 13.5 Å². The highest BCUT2D eigenvalue weighted by Crippen LogP contribution is 2.15. The summed E-state index contributed by atoms with van der Waals surface area (Å²) >= 11 is 0. The Morgan fingerprint density at radius 1 is 1.07 bits per heavy atom. The molecule has 29 heavy (non-hydrogen) atoms. The topological polar surface area (TPSA) is 84.7 Å². The third kappa shape index (κ3) is 4.92. The molecular formula is C20H22F2N6O. The van der Waals surface area contributed by atoms with Gasteiger partial charge in [0.2, 0.25) is 5.91 Å². The molecule has 3 aromatic rings. The highest BCUT2D eigenvalue weighted by molar-refractivity contribution is 5.78. The zero-order valence-electron chi connectivity index (χ0n) is 16.5. The Balaban J connectivity index is 1.47. The van der Waals surface area contributed by atoms with Gasteiger partial charge in [-0.1, -0.05) is 6.07 Å². The Labute approximate surface area is 167 Å². The Morgan fingerprint density at radius 2 is 1.86 bits per heavy atom. The van der Waals surface area contributed by atoms with E-state index < -0.39 is 11.6 Å². The van der Waals surface area contributed by atoms with E-state index in [-0.39, 0.29) is 17.9 Å². The van der Waals surface area contributed by atoms with Gasteiger partial charge in [-0.3, -0.25) is 4.79 Å². The van der Waals surface area contributed by atoms with Gasteiger partial charge >= 0.3 is 0 Å². The minimum absolute atomic E-state index is 0.150. The first kappa shape index (κ1) is 20.4. The van der Waals surface area contributed by atoms with E-state index in [1.54, 1.807) is 10.7 Å². The smallest absolute Gasteiger partial charge is 0.224 e. The van der Waals surface area contributed by atoms with Crippen molar-refractivity contribution in [3.63, 3.8) is 0 Å². The number of carbonyl (C=O) groups is 1. The minimum Gasteiger partial charge on any atom is -0.367 e. The fourth-order valence-electron chi connectivity index (χ4n) is 2.77. The third-order valence-corrected chi connectivity index (χ3v) is 4.64. The highest BCUT2D eigenvalue weighted by atomic mass is 19.1. The summed E-state index contributed by atoms with van der Waals surface area (Å²) in [7, 11) is 0. The molecule has 0 spiro atoms. The third-order valence-electron chi connectivity index (χ3n) is 4.64. The Bertz CT molecular complexity index is 1020. The number of aryl methyl sites for hydroxylation is 1. The lowest BCUT2D eigenvalue weighted by molar-refractivity contribution is -0.120. The maximum absolute atomic E-state index is 13.6. The molecule has 2 heterocycles. The van der Waals surface area contributed by atoms with E-state index in [1.165, 1.54) is 6.07 Å². The van der Waals surface area contributed by atoms with E-state index in [1.807, 2.05) is 26.8 Å². The van der Waals surface area contributed by atoms with Gasteiger partial charge in [-0.15, -0.1) is 10.2 Å². The second kappa shape index (κ2) is 8.76. The van der Waals surface area contributed by atoms with Crippen molar-refractivity contribution in [3.05, 3.63) is 64.5 Å². The second-order valence-corrected chi connectivity index (χ2v) is 6.67. The van der Waals surface area contributed by atoms with Gasteiger partial charge in [0.15, 0.2) is 5.82 Å². The summed E-state index contributed by atoms with van der Waals surface area (Å²) in [5, 5.41) is 18.5. The lowest BCUT2D eigenvalue weighted by Crippen LogP contribution is -2.30. The van der Waals surface area contributed by atoms with Gasteiger partial charge in [0.1, 0.15) is 17.5 Å². The molecule has 2 N–H and O–H groups in total. The first-order valence-corrected chi connectivity index (χ1v) is 9.16. The van der Waals surface area contributed by atoms with Crippen molar-refractivity contribution in [3.8, 4) is 5.82 Å². The Kier molecular flexibility index (Phi) is 6.16. The fourth-order valence-corrected chi connectivity index (χ4v) is 2.77. The van der Waals surface area contributed by atoms with Gasteiger partial charge in [0.05, 0.1) is 12.1 Å². The quantitative estimate of drug-likeness (QED) is 0.596. The molecule has 0 saturated carbocycles. The number of carbonyl (C=O) groups excluding carboxylic acids is 1. The first-order chi connectivity index (χ1) is 13.8. The van der Waals surface area contributed by atoms with Crippen molar-refractivity contribution < 1.29 is 13.6 Å². The number of rotatable bonds is 7. The van der Waals surface area contributed by atoms with E-state index in [0.717, 1.165) is 29.1 Å². The van der Waals surface area contributed by atoms with Crippen LogP contribution in [-0.2, 0) is 11.2 Å². The molecule has 152 valence electrons. The number of hydrogen-bond donors (Lipinski definition) is 2. The SMILES string of the molecule is Cc1nn(-c2ccc(NCCNC(=O)Cc3ccc(F)cc3F)nn2)c(C)c1C. The Morgan fingerprint density at radius 3 is 2.48 bits per heavy atom. The van der Waals surface area contributed by atoms with Crippen molar-refractivity contribution in [2.75, 3.05) is 18.4 Å². The van der Waals surface area contributed by atoms with Crippen LogP contribution < -0.4 is 10.6 Å². The van der Waals surface area contributed by atoms with Crippen molar-refractivity contribution in [1.29, 1.82) is 0 Å². The minimum atomic E-state index is -0.730. The summed E-state index contributed by atoms with van der Waals surface area (Å²) in [6.07, 6.45) is -0.150. The fraction of sp³-hybridized carbons (Fsp3) is 0.300. The van der Waals surface area contributed by atoms with Gasteiger partial charge in [-0.05, 0) is 50.1 Å². The molecule has 3 rings (SSSR count). The number of benzene rings is 1. The monoisotopic (exact) mass is 400 g/mol. The predicted octanol–water partition coefficient (Wildman–Crippen LogP) is 2.64. The van der Waals surface area contributed by atoms with Crippen LogP contribution in [0, 0.1) is 32.4 Å². The van der Waals surface area contributed by atoms with Gasteiger partial charge in [0, 0.05) is 24.8 Å². The summed E-state index contributed by atoms with van der Waals surface area (Å²) in [6.45, 7) is 6.67. The van der Waals surface area contributed by atoms with Crippen LogP contribution in [0.1, 0.15) is 22.5 Å². The summed E-state index contributed by atoms with van der Waals surface area (Å²) in [6, 6.07) is 6.75. The first-order valence-electron chi connectivity index (χ1n) is 9.16. The molecule has 7 nitrogen and oxygen atoms in total. The number of anilines is 1. The molecule has 0 saturated heterocycles. The van der Waals surface area contributed by atoms with Crippen molar-refractivity contribution >= 4 is 11.7 Å². The molecule has 9 heteroatoms. The molecule has 0 aliphatic carbocycles. The number of amides is 1. The molecule has 1 amide bonds. The average Bonchev–Trinajstić information content (AvgIpc) is 2.95. The molecule has 1 aromatic carbocycles. The maximum Gasteiger partial charge on any atom is 0.224 e. The van der Waals surface area contributed by atoms with Crippen LogP contribution in [0.4, 0.5) is 14.6 Å². The zero-order chi connectivity index (χ0) is 21.0. The number of aromatic nitrogens is 4. The molecule has 0 bridgehead atoms. The molecule has 0 aliphatic rings. The largest absolute Gasteiger partial charge is 0.367 e. The summed E-state index contributed by atoms with van der Waals surface area (Å²) in [4.78, 5) is 11.9. The lowest BCUT2D eigenvalue weighted by Gasteiger charge is -2.08. The maximum atomic E-state index is 13.6. The molecule has 0 aliphatic heterocycles. The van der Waals surface area contributed by atoms with E-state index in [2.05, 4.69) is 25.9 Å². The summed E-state index contributed by atoms with van der Waals surface area (Å²) in [5.74, 6) is -0.564. The second-order valence-electron chi connectivity index (χ2n) is 6.67. The summed E-state index contributed by atoms with van der Waals surface area (Å²) in [5.41, 5.74) is 3.23. The van der Waals surface area contributed by atoms with Crippen LogP contribution in [0.15, 0.2) is 30.3 Å². The van der Waals surface area contributed by atoms with Crippen LogP contribution in [0.3, 0.4) is 0 Å². The number of nitrogens with one attached hydrogen (secondary N) is 2. The van der Waals surface area contributed by atoms with Crippen molar-refractivity contribution in [1.82, 2.24) is 25.3 Å². The van der Waals surface area contributed by atoms with E-state index in [9.17, 15) is 13.6 Å². The molecule has 0 atom stereocenters. The van der Waals surface area contributed by atoms with Crippen LogP contribution in [0.5, 0.6) is 0 Å². The normalized spacial score (nSPS) is 10.8. The molecule has 0 radical (unpaired) electrons. The van der Waals surface area contributed by atoms with Gasteiger partial charge < -0.3 is 10.6 Å². The average molecular weight is 400 g/mol. The highest BCUT2D eigenvalue weighted by Gasteiger charge is 2.11. The number of hydrogen-bond acceptors (Lipinski definition) is 5. The molecule has 2 aromatic heterocycles. The zero-order valence-corrected chi connectivity index (χ0v) is 16.5. The van der Waals surface area contributed by atoms with Crippen LogP contribution in [-0.4, -0.2) is 39.0 Å². The Hall–Kier alpha value is -3.36. The van der Waals surface area contributed by atoms with E-state index >= 15 is 0 Å². The standard InChI is InChI=1S/C20H22F2N6O/c1-12-13(2)27-28(14(12)3)19-7-6-18(25-26-19)23-8-9-24-20(29)10-15-4-5-16(21)11-17(15)22/h4-7,11H,8-10H2,1-3H3,(H,23,25)(H,24,29). The van der Waals surface area contributed by atoms with Crippen LogP contribution in [0.25, 0.3) is 5.82 Å². The van der Waals surface area contributed by atoms with E-state index in [0.29, 0.717) is 24.7 Å². The van der Waals surface area contributed by atoms with E-state index in [4.69, 9.17) is 0 Å². The summed E-state index contributed by atoms with van der Waals surface area (Å²) < 4.78 is 28.2. The molecular weight excluding hydrogens is 378 g/mol. The van der Waals surface area contributed by atoms with Gasteiger partial charge in [-0.2, -0.15) is 5.10 Å². The number of nitrogens with zero attached hydrogens (tertiary/aromatic N) is 4. The predicted molar refractivity (Wildman–Crippen MR) is 105 cm³/mol. The van der Waals surface area contributed by atoms with Crippen molar-refractivity contribution in [2.24, 2.45) is 0 Å².